The topological polar surface area (TPSA) is 59.4 Å². The van der Waals surface area contributed by atoms with Crippen LogP contribution in [0.2, 0.25) is 0 Å². The number of piperidine rings is 1. The molecule has 0 radical (unpaired) electrons. The molecule has 0 spiro atoms. The number of hydrogen-bond acceptors (Lipinski definition) is 4. The van der Waals surface area contributed by atoms with E-state index in [0.717, 1.165) is 41.5 Å². The van der Waals surface area contributed by atoms with Gasteiger partial charge < -0.3 is 15.0 Å². The molecule has 6 heteroatoms. The molecule has 4 rings (SSSR count). The van der Waals surface area contributed by atoms with E-state index in [4.69, 9.17) is 4.74 Å². The minimum absolute atomic E-state index is 0.0110. The SMILES string of the molecule is C[C@@H]1CCCN(CCCNC(=O)Cn2ncc3c2-c2ccccc2OC3)C1. The lowest BCUT2D eigenvalue weighted by atomic mass is 10.0. The third-order valence-electron chi connectivity index (χ3n) is 5.45. The van der Waals surface area contributed by atoms with Crippen molar-refractivity contribution in [3.05, 3.63) is 36.0 Å². The van der Waals surface area contributed by atoms with Gasteiger partial charge in [-0.15, -0.1) is 0 Å². The molecule has 2 aromatic rings. The largest absolute Gasteiger partial charge is 0.488 e. The molecule has 27 heavy (non-hydrogen) atoms. The summed E-state index contributed by atoms with van der Waals surface area (Å²) >= 11 is 0. The van der Waals surface area contributed by atoms with Gasteiger partial charge in [0.25, 0.3) is 0 Å². The quantitative estimate of drug-likeness (QED) is 0.797. The predicted octanol–water partition coefficient (Wildman–Crippen LogP) is 2.68. The van der Waals surface area contributed by atoms with E-state index in [0.29, 0.717) is 13.2 Å². The number of benzene rings is 1. The number of fused-ring (bicyclic) bond motifs is 3. The average molecular weight is 368 g/mol. The number of carbonyl (C=O) groups excluding carboxylic acids is 1. The minimum atomic E-state index is 0.0110. The number of likely N-dealkylation sites (tertiary alicyclic amines) is 1. The zero-order valence-corrected chi connectivity index (χ0v) is 16.0. The van der Waals surface area contributed by atoms with Crippen molar-refractivity contribution >= 4 is 5.91 Å². The first-order valence-electron chi connectivity index (χ1n) is 9.96. The Kier molecular flexibility index (Phi) is 5.43. The number of rotatable bonds is 6. The van der Waals surface area contributed by atoms with Gasteiger partial charge in [-0.05, 0) is 50.4 Å². The fraction of sp³-hybridized carbons (Fsp3) is 0.524. The molecule has 1 aromatic carbocycles. The highest BCUT2D eigenvalue weighted by Crippen LogP contribution is 2.36. The standard InChI is InChI=1S/C21H28N4O2/c1-16-6-4-10-24(13-16)11-5-9-22-20(26)14-25-21-17(12-23-25)15-27-19-8-3-2-7-18(19)21/h2-3,7-8,12,16H,4-6,9-11,13-15H2,1H3,(H,22,26)/t16-/m1/s1. The van der Waals surface area contributed by atoms with Gasteiger partial charge in [-0.3, -0.25) is 9.48 Å². The van der Waals surface area contributed by atoms with E-state index in [-0.39, 0.29) is 12.5 Å². The van der Waals surface area contributed by atoms with E-state index in [9.17, 15) is 4.79 Å². The van der Waals surface area contributed by atoms with Crippen molar-refractivity contribution in [2.45, 2.75) is 39.3 Å². The average Bonchev–Trinajstić information content (AvgIpc) is 3.09. The molecule has 144 valence electrons. The number of amides is 1. The summed E-state index contributed by atoms with van der Waals surface area (Å²) in [5, 5.41) is 7.46. The van der Waals surface area contributed by atoms with Crippen LogP contribution in [0.15, 0.2) is 30.5 Å². The predicted molar refractivity (Wildman–Crippen MR) is 104 cm³/mol. The van der Waals surface area contributed by atoms with Crippen molar-refractivity contribution in [2.75, 3.05) is 26.2 Å². The van der Waals surface area contributed by atoms with Crippen LogP contribution in [0, 0.1) is 5.92 Å². The molecule has 1 fully saturated rings. The molecule has 3 heterocycles. The molecule has 6 nitrogen and oxygen atoms in total. The minimum Gasteiger partial charge on any atom is -0.488 e. The van der Waals surface area contributed by atoms with E-state index in [1.54, 1.807) is 10.9 Å². The van der Waals surface area contributed by atoms with Crippen LogP contribution in [-0.4, -0.2) is 46.8 Å². The second-order valence-electron chi connectivity index (χ2n) is 7.71. The Hall–Kier alpha value is -2.34. The second-order valence-corrected chi connectivity index (χ2v) is 7.71. The van der Waals surface area contributed by atoms with E-state index < -0.39 is 0 Å². The van der Waals surface area contributed by atoms with Gasteiger partial charge in [0.15, 0.2) is 0 Å². The molecule has 1 saturated heterocycles. The maximum absolute atomic E-state index is 12.4. The molecule has 1 aromatic heterocycles. The summed E-state index contributed by atoms with van der Waals surface area (Å²) in [5.41, 5.74) is 3.03. The first-order chi connectivity index (χ1) is 13.2. The normalized spacial score (nSPS) is 19.1. The van der Waals surface area contributed by atoms with Crippen LogP contribution in [0.5, 0.6) is 5.75 Å². The zero-order chi connectivity index (χ0) is 18.6. The number of nitrogens with zero attached hydrogens (tertiary/aromatic N) is 3. The fourth-order valence-electron chi connectivity index (χ4n) is 4.12. The van der Waals surface area contributed by atoms with E-state index >= 15 is 0 Å². The molecule has 0 unspecified atom stereocenters. The summed E-state index contributed by atoms with van der Waals surface area (Å²) in [6, 6.07) is 7.91. The van der Waals surface area contributed by atoms with Gasteiger partial charge >= 0.3 is 0 Å². The number of nitrogens with one attached hydrogen (secondary N) is 1. The van der Waals surface area contributed by atoms with Crippen LogP contribution < -0.4 is 10.1 Å². The first kappa shape index (κ1) is 18.0. The van der Waals surface area contributed by atoms with Crippen LogP contribution in [0.3, 0.4) is 0 Å². The van der Waals surface area contributed by atoms with Crippen molar-refractivity contribution in [3.8, 4) is 17.0 Å². The van der Waals surface area contributed by atoms with Crippen molar-refractivity contribution in [1.82, 2.24) is 20.0 Å². The molecular weight excluding hydrogens is 340 g/mol. The lowest BCUT2D eigenvalue weighted by Crippen LogP contribution is -2.37. The summed E-state index contributed by atoms with van der Waals surface area (Å²) in [7, 11) is 0. The monoisotopic (exact) mass is 368 g/mol. The van der Waals surface area contributed by atoms with Crippen LogP contribution in [0.1, 0.15) is 31.7 Å². The van der Waals surface area contributed by atoms with Crippen LogP contribution in [0.4, 0.5) is 0 Å². The van der Waals surface area contributed by atoms with Crippen LogP contribution in [0.25, 0.3) is 11.3 Å². The van der Waals surface area contributed by atoms with Crippen molar-refractivity contribution in [3.63, 3.8) is 0 Å². The van der Waals surface area contributed by atoms with Gasteiger partial charge in [0, 0.05) is 24.2 Å². The highest BCUT2D eigenvalue weighted by molar-refractivity contribution is 5.78. The van der Waals surface area contributed by atoms with E-state index in [1.807, 2.05) is 24.3 Å². The summed E-state index contributed by atoms with van der Waals surface area (Å²) in [6.45, 7) is 7.22. The molecule has 1 atom stereocenters. The Morgan fingerprint density at radius 2 is 2.26 bits per heavy atom. The van der Waals surface area contributed by atoms with Gasteiger partial charge in [-0.1, -0.05) is 19.1 Å². The molecule has 0 aliphatic carbocycles. The van der Waals surface area contributed by atoms with Gasteiger partial charge in [0.05, 0.1) is 11.9 Å². The van der Waals surface area contributed by atoms with Gasteiger partial charge in [0.1, 0.15) is 18.9 Å². The van der Waals surface area contributed by atoms with Crippen molar-refractivity contribution in [2.24, 2.45) is 5.92 Å². The van der Waals surface area contributed by atoms with Crippen LogP contribution >= 0.6 is 0 Å². The molecule has 1 amide bonds. The summed E-state index contributed by atoms with van der Waals surface area (Å²) < 4.78 is 7.54. The molecule has 2 aliphatic heterocycles. The number of carbonyl (C=O) groups is 1. The smallest absolute Gasteiger partial charge is 0.241 e. The van der Waals surface area contributed by atoms with Gasteiger partial charge in [-0.2, -0.15) is 5.10 Å². The van der Waals surface area contributed by atoms with Gasteiger partial charge in [0.2, 0.25) is 5.91 Å². The van der Waals surface area contributed by atoms with Crippen LogP contribution in [-0.2, 0) is 17.9 Å². The first-order valence-corrected chi connectivity index (χ1v) is 9.96. The Balaban J connectivity index is 1.29. The molecule has 1 N–H and O–H groups in total. The molecular formula is C21H28N4O2. The molecule has 0 bridgehead atoms. The number of ether oxygens (including phenoxy) is 1. The second kappa shape index (κ2) is 8.13. The lowest BCUT2D eigenvalue weighted by molar-refractivity contribution is -0.121. The van der Waals surface area contributed by atoms with Crippen molar-refractivity contribution in [1.29, 1.82) is 0 Å². The van der Waals surface area contributed by atoms with E-state index in [1.165, 1.54) is 25.9 Å². The Labute approximate surface area is 160 Å². The summed E-state index contributed by atoms with van der Waals surface area (Å²) in [6.07, 6.45) is 5.43. The Morgan fingerprint density at radius 1 is 1.37 bits per heavy atom. The highest BCUT2D eigenvalue weighted by Gasteiger charge is 2.22. The fourth-order valence-corrected chi connectivity index (χ4v) is 4.12. The zero-order valence-electron chi connectivity index (χ0n) is 16.0. The van der Waals surface area contributed by atoms with Gasteiger partial charge in [-0.25, -0.2) is 0 Å². The number of para-hydroxylation sites is 1. The Bertz CT molecular complexity index is 801. The van der Waals surface area contributed by atoms with Crippen molar-refractivity contribution < 1.29 is 9.53 Å². The lowest BCUT2D eigenvalue weighted by Gasteiger charge is -2.30. The van der Waals surface area contributed by atoms with E-state index in [2.05, 4.69) is 22.2 Å². The highest BCUT2D eigenvalue weighted by atomic mass is 16.5. The number of hydrogen-bond donors (Lipinski definition) is 1. The Morgan fingerprint density at radius 3 is 3.15 bits per heavy atom. The summed E-state index contributed by atoms with van der Waals surface area (Å²) in [5.74, 6) is 1.66. The molecule has 0 saturated carbocycles. The third-order valence-corrected chi connectivity index (χ3v) is 5.45. The summed E-state index contributed by atoms with van der Waals surface area (Å²) in [4.78, 5) is 14.9. The maximum Gasteiger partial charge on any atom is 0.241 e. The molecule has 2 aliphatic rings. The number of aromatic nitrogens is 2. The third kappa shape index (κ3) is 4.16. The maximum atomic E-state index is 12.4.